The first-order valence-corrected chi connectivity index (χ1v) is 5.69. The average Bonchev–Trinajstić information content (AvgIpc) is 2.16. The largest absolute Gasteiger partial charge is 0.355 e. The van der Waals surface area contributed by atoms with Gasteiger partial charge < -0.3 is 5.32 Å². The highest BCUT2D eigenvalue weighted by Crippen LogP contribution is 2.11. The van der Waals surface area contributed by atoms with Crippen molar-refractivity contribution < 1.29 is 13.2 Å². The maximum atomic E-state index is 11.4. The molecule has 1 amide bonds. The lowest BCUT2D eigenvalue weighted by Gasteiger charge is -2.27. The van der Waals surface area contributed by atoms with E-state index < -0.39 is 16.1 Å². The molecule has 0 aliphatic carbocycles. The second-order valence-electron chi connectivity index (χ2n) is 2.77. The van der Waals surface area contributed by atoms with E-state index in [1.807, 2.05) is 0 Å². The molecule has 0 aromatic heterocycles. The number of amidine groups is 1. The molecule has 0 atom stereocenters. The molecular formula is C7H12N4O3S. The topological polar surface area (TPSA) is 102 Å². The minimum absolute atomic E-state index is 0.00539. The minimum atomic E-state index is -3.70. The normalized spacial score (nSPS) is 19.2. The molecule has 1 aliphatic rings. The highest BCUT2D eigenvalue weighted by molar-refractivity contribution is 7.87. The molecule has 8 heteroatoms. The summed E-state index contributed by atoms with van der Waals surface area (Å²) in [5.74, 6) is -0.823. The smallest absolute Gasteiger partial charge is 0.324 e. The van der Waals surface area contributed by atoms with Crippen LogP contribution in [0.2, 0.25) is 0 Å². The third-order valence-corrected chi connectivity index (χ3v) is 3.34. The molecule has 0 aromatic carbocycles. The van der Waals surface area contributed by atoms with E-state index in [2.05, 4.69) is 10.0 Å². The fourth-order valence-electron chi connectivity index (χ4n) is 1.16. The zero-order valence-corrected chi connectivity index (χ0v) is 9.18. The van der Waals surface area contributed by atoms with Gasteiger partial charge in [-0.1, -0.05) is 0 Å². The molecule has 1 heterocycles. The lowest BCUT2D eigenvalue weighted by Crippen LogP contribution is -2.49. The van der Waals surface area contributed by atoms with Crippen LogP contribution in [0.4, 0.5) is 0 Å². The van der Waals surface area contributed by atoms with Crippen molar-refractivity contribution in [3.8, 4) is 0 Å². The van der Waals surface area contributed by atoms with E-state index in [-0.39, 0.29) is 18.0 Å². The number of nitrogens with zero attached hydrogens (tertiary/aromatic N) is 1. The van der Waals surface area contributed by atoms with E-state index in [9.17, 15) is 13.2 Å². The Hall–Kier alpha value is -1.57. The molecule has 0 fully saturated rings. The minimum Gasteiger partial charge on any atom is -0.355 e. The van der Waals surface area contributed by atoms with Gasteiger partial charge in [-0.3, -0.25) is 14.9 Å². The van der Waals surface area contributed by atoms with Crippen LogP contribution in [0.5, 0.6) is 0 Å². The molecule has 0 spiro atoms. The van der Waals surface area contributed by atoms with Crippen LogP contribution in [0.3, 0.4) is 0 Å². The first-order valence-electron chi connectivity index (χ1n) is 4.25. The van der Waals surface area contributed by atoms with Crippen LogP contribution in [0.25, 0.3) is 0 Å². The van der Waals surface area contributed by atoms with Crippen molar-refractivity contribution in [3.63, 3.8) is 0 Å². The standard InChI is InChI=1S/C7H12N4O3S/c1-3-11-6(8)5(7(12)9-2)4-10-15(11,13)14/h4,8,10H,3H2,1-2H3,(H,9,12). The van der Waals surface area contributed by atoms with Gasteiger partial charge in [-0.05, 0) is 6.92 Å². The number of hydrogen-bond acceptors (Lipinski definition) is 4. The van der Waals surface area contributed by atoms with Crippen LogP contribution in [-0.4, -0.2) is 38.1 Å². The molecule has 3 N–H and O–H groups in total. The highest BCUT2D eigenvalue weighted by Gasteiger charge is 2.31. The Kier molecular flexibility index (Phi) is 2.98. The van der Waals surface area contributed by atoms with Gasteiger partial charge in [0.15, 0.2) is 0 Å². The Balaban J connectivity index is 3.13. The van der Waals surface area contributed by atoms with E-state index >= 15 is 0 Å². The summed E-state index contributed by atoms with van der Waals surface area (Å²) >= 11 is 0. The Bertz CT molecular complexity index is 426. The predicted molar refractivity (Wildman–Crippen MR) is 54.3 cm³/mol. The zero-order valence-electron chi connectivity index (χ0n) is 8.36. The van der Waals surface area contributed by atoms with Gasteiger partial charge in [-0.25, -0.2) is 4.31 Å². The van der Waals surface area contributed by atoms with Gasteiger partial charge in [0.25, 0.3) is 5.91 Å². The summed E-state index contributed by atoms with van der Waals surface area (Å²) in [5.41, 5.74) is -0.00539. The Morgan fingerprint density at radius 2 is 2.27 bits per heavy atom. The summed E-state index contributed by atoms with van der Waals surface area (Å²) in [5, 5.41) is 9.90. The zero-order chi connectivity index (χ0) is 11.6. The van der Waals surface area contributed by atoms with E-state index in [0.717, 1.165) is 10.5 Å². The molecule has 0 radical (unpaired) electrons. The molecule has 84 valence electrons. The summed E-state index contributed by atoms with van der Waals surface area (Å²) in [6.07, 6.45) is 1.02. The second-order valence-corrected chi connectivity index (χ2v) is 4.40. The number of nitrogens with one attached hydrogen (secondary N) is 3. The van der Waals surface area contributed by atoms with Crippen LogP contribution in [0, 0.1) is 5.41 Å². The van der Waals surface area contributed by atoms with Crippen LogP contribution >= 0.6 is 0 Å². The van der Waals surface area contributed by atoms with Gasteiger partial charge in [-0.15, -0.1) is 0 Å². The van der Waals surface area contributed by atoms with Crippen molar-refractivity contribution in [1.82, 2.24) is 14.3 Å². The fourth-order valence-corrected chi connectivity index (χ4v) is 2.23. The Labute approximate surface area is 87.8 Å². The number of rotatable bonds is 2. The first kappa shape index (κ1) is 11.5. The number of amides is 1. The van der Waals surface area contributed by atoms with E-state index in [1.54, 1.807) is 6.92 Å². The van der Waals surface area contributed by atoms with Crippen molar-refractivity contribution in [2.45, 2.75) is 6.92 Å². The molecule has 1 rings (SSSR count). The monoisotopic (exact) mass is 232 g/mol. The van der Waals surface area contributed by atoms with Crippen molar-refractivity contribution in [1.29, 1.82) is 5.41 Å². The summed E-state index contributed by atoms with van der Waals surface area (Å²) in [7, 11) is -2.28. The lowest BCUT2D eigenvalue weighted by atomic mass is 10.2. The molecule has 15 heavy (non-hydrogen) atoms. The van der Waals surface area contributed by atoms with Crippen molar-refractivity contribution in [2.75, 3.05) is 13.6 Å². The van der Waals surface area contributed by atoms with Gasteiger partial charge in [0.2, 0.25) is 0 Å². The van der Waals surface area contributed by atoms with Crippen molar-refractivity contribution in [2.24, 2.45) is 0 Å². The fraction of sp³-hybridized carbons (Fsp3) is 0.429. The number of hydrogen-bond donors (Lipinski definition) is 3. The molecule has 0 unspecified atom stereocenters. The number of carbonyl (C=O) groups excluding carboxylic acids is 1. The van der Waals surface area contributed by atoms with Crippen molar-refractivity contribution in [3.05, 3.63) is 11.8 Å². The van der Waals surface area contributed by atoms with Crippen LogP contribution in [0.15, 0.2) is 11.8 Å². The molecule has 0 saturated heterocycles. The summed E-state index contributed by atoms with van der Waals surface area (Å²) in [6.45, 7) is 1.68. The number of carbonyl (C=O) groups is 1. The molecule has 7 nitrogen and oxygen atoms in total. The highest BCUT2D eigenvalue weighted by atomic mass is 32.2. The van der Waals surface area contributed by atoms with Gasteiger partial charge >= 0.3 is 10.2 Å². The third kappa shape index (κ3) is 1.94. The van der Waals surface area contributed by atoms with Crippen LogP contribution < -0.4 is 10.0 Å². The van der Waals surface area contributed by atoms with Gasteiger partial charge in [-0.2, -0.15) is 8.42 Å². The number of likely N-dealkylation sites (N-methyl/N-ethyl adjacent to an activating group) is 2. The van der Waals surface area contributed by atoms with E-state index in [1.165, 1.54) is 7.05 Å². The average molecular weight is 232 g/mol. The maximum Gasteiger partial charge on any atom is 0.324 e. The molecule has 1 aliphatic heterocycles. The van der Waals surface area contributed by atoms with Crippen LogP contribution in [-0.2, 0) is 15.0 Å². The van der Waals surface area contributed by atoms with Gasteiger partial charge in [0, 0.05) is 19.8 Å². The molecule has 0 bridgehead atoms. The van der Waals surface area contributed by atoms with Crippen LogP contribution in [0.1, 0.15) is 6.92 Å². The SMILES string of the molecule is CCN1C(=N)C(C(=O)NC)=CNS1(=O)=O. The summed E-state index contributed by atoms with van der Waals surface area (Å²) < 4.78 is 25.7. The van der Waals surface area contributed by atoms with Gasteiger partial charge in [0.1, 0.15) is 5.84 Å². The lowest BCUT2D eigenvalue weighted by molar-refractivity contribution is -0.116. The molecule has 0 saturated carbocycles. The van der Waals surface area contributed by atoms with Crippen molar-refractivity contribution >= 4 is 22.0 Å². The second kappa shape index (κ2) is 3.89. The first-order chi connectivity index (χ1) is 6.94. The Morgan fingerprint density at radius 3 is 2.73 bits per heavy atom. The summed E-state index contributed by atoms with van der Waals surface area (Å²) in [6, 6.07) is 0. The molecule has 0 aromatic rings. The third-order valence-electron chi connectivity index (χ3n) is 1.91. The van der Waals surface area contributed by atoms with E-state index in [0.29, 0.717) is 0 Å². The summed E-state index contributed by atoms with van der Waals surface area (Å²) in [4.78, 5) is 11.3. The Morgan fingerprint density at radius 1 is 1.67 bits per heavy atom. The molecular weight excluding hydrogens is 220 g/mol. The maximum absolute atomic E-state index is 11.4. The quantitative estimate of drug-likeness (QED) is 0.555. The van der Waals surface area contributed by atoms with Gasteiger partial charge in [0.05, 0.1) is 5.57 Å². The van der Waals surface area contributed by atoms with E-state index in [4.69, 9.17) is 5.41 Å². The predicted octanol–water partition coefficient (Wildman–Crippen LogP) is -1.24.